The summed E-state index contributed by atoms with van der Waals surface area (Å²) in [6.45, 7) is 5.02. The zero-order chi connectivity index (χ0) is 32.5. The first-order chi connectivity index (χ1) is 22.2. The summed E-state index contributed by atoms with van der Waals surface area (Å²) in [5.41, 5.74) is 5.19. The topological polar surface area (TPSA) is 114 Å². The van der Waals surface area contributed by atoms with Crippen LogP contribution in [0.4, 0.5) is 0 Å². The van der Waals surface area contributed by atoms with Gasteiger partial charge in [0, 0.05) is 24.2 Å². The number of fused-ring (bicyclic) bond motifs is 1. The van der Waals surface area contributed by atoms with Gasteiger partial charge in [0.05, 0.1) is 47.4 Å². The van der Waals surface area contributed by atoms with Crippen LogP contribution >= 0.6 is 11.3 Å². The quantitative estimate of drug-likeness (QED) is 0.191. The SMILES string of the molecule is COC(=O)C1=C(C)N=c2s/c(=C\c3cn(-c4ccccc4)nc3-c3ccc(C)cc3)c(=O)n2[C@@H]1c1ccc(OC(C)=O)c(OC)c1. The Kier molecular flexibility index (Phi) is 8.25. The maximum absolute atomic E-state index is 14.3. The van der Waals surface area contributed by atoms with Crippen LogP contribution in [0.15, 0.2) is 100 Å². The summed E-state index contributed by atoms with van der Waals surface area (Å²) < 4.78 is 19.6. The number of thiazole rings is 1. The van der Waals surface area contributed by atoms with Crippen LogP contribution < -0.4 is 24.4 Å². The number of carbonyl (C=O) groups excluding carboxylic acids is 2. The van der Waals surface area contributed by atoms with Crippen molar-refractivity contribution in [3.63, 3.8) is 0 Å². The van der Waals surface area contributed by atoms with E-state index in [-0.39, 0.29) is 22.6 Å². The van der Waals surface area contributed by atoms with E-state index in [2.05, 4.69) is 4.99 Å². The summed E-state index contributed by atoms with van der Waals surface area (Å²) in [5.74, 6) is -0.643. The van der Waals surface area contributed by atoms with Gasteiger partial charge in [0.2, 0.25) is 0 Å². The van der Waals surface area contributed by atoms with Crippen LogP contribution in [0, 0.1) is 6.92 Å². The summed E-state index contributed by atoms with van der Waals surface area (Å²) in [7, 11) is 2.73. The van der Waals surface area contributed by atoms with E-state index in [4.69, 9.17) is 19.3 Å². The maximum Gasteiger partial charge on any atom is 0.338 e. The first-order valence-corrected chi connectivity index (χ1v) is 15.2. The summed E-state index contributed by atoms with van der Waals surface area (Å²) in [5, 5.41) is 4.90. The van der Waals surface area contributed by atoms with E-state index in [1.807, 2.05) is 73.8 Å². The van der Waals surface area contributed by atoms with Gasteiger partial charge in [0.15, 0.2) is 16.3 Å². The molecule has 0 aliphatic carbocycles. The summed E-state index contributed by atoms with van der Waals surface area (Å²) in [6.07, 6.45) is 3.70. The number of methoxy groups -OCH3 is 2. The van der Waals surface area contributed by atoms with E-state index in [0.29, 0.717) is 26.3 Å². The summed E-state index contributed by atoms with van der Waals surface area (Å²) in [4.78, 5) is 44.1. The minimum atomic E-state index is -0.880. The number of allylic oxidation sites excluding steroid dienone is 1. The van der Waals surface area contributed by atoms with Crippen molar-refractivity contribution in [1.29, 1.82) is 0 Å². The molecule has 11 heteroatoms. The standard InChI is InChI=1S/C35H30N4O6S/c1-20-11-13-23(14-12-20)31-25(19-38(37-31)26-9-7-6-8-10-26)18-29-33(41)39-32(30(34(42)44-5)21(2)36-35(39)46-29)24-15-16-27(45-22(3)40)28(17-24)43-4/h6-19,32H,1-5H3/b29-18-/t32-/m1/s1. The Hall–Kier alpha value is -5.55. The maximum atomic E-state index is 14.3. The first kappa shape index (κ1) is 30.5. The third-order valence-electron chi connectivity index (χ3n) is 7.56. The Balaban J connectivity index is 1.56. The second kappa shape index (κ2) is 12.4. The van der Waals surface area contributed by atoms with Crippen molar-refractivity contribution in [3.8, 4) is 28.4 Å². The Morgan fingerprint density at radius 1 is 0.957 bits per heavy atom. The first-order valence-electron chi connectivity index (χ1n) is 14.4. The average Bonchev–Trinajstić information content (AvgIpc) is 3.61. The minimum Gasteiger partial charge on any atom is -0.493 e. The molecule has 0 unspecified atom stereocenters. The van der Waals surface area contributed by atoms with Gasteiger partial charge in [-0.3, -0.25) is 14.2 Å². The number of esters is 2. The van der Waals surface area contributed by atoms with Crippen molar-refractivity contribution in [2.45, 2.75) is 26.8 Å². The molecule has 232 valence electrons. The van der Waals surface area contributed by atoms with Gasteiger partial charge >= 0.3 is 11.9 Å². The second-order valence-electron chi connectivity index (χ2n) is 10.7. The molecule has 46 heavy (non-hydrogen) atoms. The molecule has 1 atom stereocenters. The third-order valence-corrected chi connectivity index (χ3v) is 8.54. The molecule has 0 saturated heterocycles. The fourth-order valence-corrected chi connectivity index (χ4v) is 6.42. The number of hydrogen-bond acceptors (Lipinski definition) is 9. The molecule has 2 aromatic heterocycles. The van der Waals surface area contributed by atoms with Gasteiger partial charge in [-0.1, -0.05) is 65.4 Å². The molecular weight excluding hydrogens is 604 g/mol. The van der Waals surface area contributed by atoms with Crippen molar-refractivity contribution < 1.29 is 23.8 Å². The highest BCUT2D eigenvalue weighted by molar-refractivity contribution is 7.07. The van der Waals surface area contributed by atoms with Gasteiger partial charge in [0.1, 0.15) is 0 Å². The van der Waals surface area contributed by atoms with Crippen molar-refractivity contribution >= 4 is 29.4 Å². The summed E-state index contributed by atoms with van der Waals surface area (Å²) in [6, 6.07) is 21.8. The molecule has 0 saturated carbocycles. The molecule has 3 heterocycles. The highest BCUT2D eigenvalue weighted by Crippen LogP contribution is 2.36. The minimum absolute atomic E-state index is 0.209. The number of para-hydroxylation sites is 1. The van der Waals surface area contributed by atoms with Crippen LogP contribution in [0.3, 0.4) is 0 Å². The van der Waals surface area contributed by atoms with E-state index in [1.165, 1.54) is 37.0 Å². The van der Waals surface area contributed by atoms with Gasteiger partial charge in [-0.05, 0) is 49.8 Å². The highest BCUT2D eigenvalue weighted by atomic mass is 32.1. The number of nitrogens with zero attached hydrogens (tertiary/aromatic N) is 4. The van der Waals surface area contributed by atoms with E-state index < -0.39 is 18.0 Å². The molecular formula is C35H30N4O6S. The number of benzene rings is 3. The molecule has 0 fully saturated rings. The molecule has 0 radical (unpaired) electrons. The molecule has 0 spiro atoms. The van der Waals surface area contributed by atoms with Crippen LogP contribution in [0.25, 0.3) is 23.0 Å². The lowest BCUT2D eigenvalue weighted by Gasteiger charge is -2.25. The zero-order valence-electron chi connectivity index (χ0n) is 25.8. The van der Waals surface area contributed by atoms with E-state index in [1.54, 1.807) is 29.8 Å². The van der Waals surface area contributed by atoms with Gasteiger partial charge in [-0.25, -0.2) is 14.5 Å². The molecule has 6 rings (SSSR count). The van der Waals surface area contributed by atoms with E-state index in [0.717, 1.165) is 22.4 Å². The Morgan fingerprint density at radius 3 is 2.37 bits per heavy atom. The van der Waals surface area contributed by atoms with Gasteiger partial charge in [-0.2, -0.15) is 5.10 Å². The number of ether oxygens (including phenoxy) is 3. The van der Waals surface area contributed by atoms with Crippen LogP contribution in [0.2, 0.25) is 0 Å². The van der Waals surface area contributed by atoms with E-state index >= 15 is 0 Å². The normalized spacial score (nSPS) is 14.5. The fourth-order valence-electron chi connectivity index (χ4n) is 5.38. The smallest absolute Gasteiger partial charge is 0.338 e. The van der Waals surface area contributed by atoms with Gasteiger partial charge in [0.25, 0.3) is 5.56 Å². The predicted octanol–water partition coefficient (Wildman–Crippen LogP) is 4.50. The number of aryl methyl sites for hydroxylation is 1. The Labute approximate surface area is 268 Å². The van der Waals surface area contributed by atoms with Crippen LogP contribution in [0.5, 0.6) is 11.5 Å². The third kappa shape index (κ3) is 5.68. The molecule has 10 nitrogen and oxygen atoms in total. The van der Waals surface area contributed by atoms with Crippen molar-refractivity contribution in [1.82, 2.24) is 14.3 Å². The number of hydrogen-bond donors (Lipinski definition) is 0. The number of aromatic nitrogens is 3. The zero-order valence-corrected chi connectivity index (χ0v) is 26.6. The lowest BCUT2D eigenvalue weighted by molar-refractivity contribution is -0.136. The number of carbonyl (C=O) groups is 2. The van der Waals surface area contributed by atoms with E-state index in [9.17, 15) is 14.4 Å². The molecule has 1 aliphatic rings. The average molecular weight is 635 g/mol. The Bertz CT molecular complexity index is 2190. The predicted molar refractivity (Wildman–Crippen MR) is 174 cm³/mol. The van der Waals surface area contributed by atoms with Gasteiger partial charge < -0.3 is 14.2 Å². The lowest BCUT2D eigenvalue weighted by atomic mass is 9.95. The fraction of sp³-hybridized carbons (Fsp3) is 0.171. The second-order valence-corrected chi connectivity index (χ2v) is 11.7. The molecule has 0 bridgehead atoms. The van der Waals surface area contributed by atoms with Crippen LogP contribution in [-0.2, 0) is 14.3 Å². The van der Waals surface area contributed by atoms with Crippen LogP contribution in [-0.4, -0.2) is 40.5 Å². The largest absolute Gasteiger partial charge is 0.493 e. The molecule has 0 N–H and O–H groups in total. The summed E-state index contributed by atoms with van der Waals surface area (Å²) >= 11 is 1.22. The molecule has 3 aromatic carbocycles. The van der Waals surface area contributed by atoms with Gasteiger partial charge in [-0.15, -0.1) is 0 Å². The van der Waals surface area contributed by atoms with Crippen molar-refractivity contribution in [3.05, 3.63) is 127 Å². The highest BCUT2D eigenvalue weighted by Gasteiger charge is 2.34. The van der Waals surface area contributed by atoms with Crippen molar-refractivity contribution in [2.75, 3.05) is 14.2 Å². The van der Waals surface area contributed by atoms with Crippen LogP contribution in [0.1, 0.15) is 36.6 Å². The lowest BCUT2D eigenvalue weighted by Crippen LogP contribution is -2.39. The molecule has 1 aliphatic heterocycles. The number of rotatable bonds is 7. The van der Waals surface area contributed by atoms with Crippen molar-refractivity contribution in [2.24, 2.45) is 4.99 Å². The Morgan fingerprint density at radius 2 is 1.70 bits per heavy atom. The molecule has 5 aromatic rings. The molecule has 0 amide bonds. The monoisotopic (exact) mass is 634 g/mol.